The number of anilines is 1. The SMILES string of the molecule is CCn1c(=O)n(CCC(=O)N(C)c2cccc3ccccc23)c2ccccc21. The summed E-state index contributed by atoms with van der Waals surface area (Å²) in [5.74, 6) is -0.0171. The molecule has 4 aromatic rings. The molecule has 0 saturated heterocycles. The quantitative estimate of drug-likeness (QED) is 0.530. The third-order valence-electron chi connectivity index (χ3n) is 5.29. The molecule has 0 radical (unpaired) electrons. The molecule has 1 heterocycles. The van der Waals surface area contributed by atoms with E-state index >= 15 is 0 Å². The molecule has 0 spiro atoms. The highest BCUT2D eigenvalue weighted by Gasteiger charge is 2.16. The Morgan fingerprint density at radius 3 is 2.29 bits per heavy atom. The summed E-state index contributed by atoms with van der Waals surface area (Å²) in [6.45, 7) is 2.92. The van der Waals surface area contributed by atoms with Crippen molar-refractivity contribution in [2.24, 2.45) is 0 Å². The molecule has 1 aromatic heterocycles. The Morgan fingerprint density at radius 1 is 0.893 bits per heavy atom. The molecule has 1 amide bonds. The van der Waals surface area contributed by atoms with E-state index in [0.717, 1.165) is 27.5 Å². The van der Waals surface area contributed by atoms with Crippen LogP contribution in [0.3, 0.4) is 0 Å². The predicted octanol–water partition coefficient (Wildman–Crippen LogP) is 4.03. The molecular formula is C23H23N3O2. The number of imidazole rings is 1. The topological polar surface area (TPSA) is 47.2 Å². The van der Waals surface area contributed by atoms with Crippen LogP contribution in [0, 0.1) is 0 Å². The Kier molecular flexibility index (Phi) is 4.74. The third kappa shape index (κ3) is 2.99. The van der Waals surface area contributed by atoms with Gasteiger partial charge in [-0.25, -0.2) is 4.79 Å². The van der Waals surface area contributed by atoms with Crippen molar-refractivity contribution in [3.05, 3.63) is 77.2 Å². The second-order valence-electron chi connectivity index (χ2n) is 6.87. The van der Waals surface area contributed by atoms with Crippen molar-refractivity contribution in [3.63, 3.8) is 0 Å². The van der Waals surface area contributed by atoms with Gasteiger partial charge in [-0.15, -0.1) is 0 Å². The second kappa shape index (κ2) is 7.35. The van der Waals surface area contributed by atoms with Crippen LogP contribution in [0.25, 0.3) is 21.8 Å². The number of nitrogens with zero attached hydrogens (tertiary/aromatic N) is 3. The van der Waals surface area contributed by atoms with E-state index < -0.39 is 0 Å². The standard InChI is InChI=1S/C23H23N3O2/c1-3-25-20-12-6-7-13-21(20)26(23(25)28)16-15-22(27)24(2)19-14-8-10-17-9-4-5-11-18(17)19/h4-14H,3,15-16H2,1-2H3. The number of hydrogen-bond acceptors (Lipinski definition) is 2. The number of rotatable bonds is 5. The molecule has 0 N–H and O–H groups in total. The maximum atomic E-state index is 12.9. The number of benzene rings is 3. The zero-order chi connectivity index (χ0) is 19.7. The van der Waals surface area contributed by atoms with Crippen molar-refractivity contribution in [2.75, 3.05) is 11.9 Å². The van der Waals surface area contributed by atoms with E-state index in [1.165, 1.54) is 0 Å². The van der Waals surface area contributed by atoms with Gasteiger partial charge in [0, 0.05) is 31.9 Å². The van der Waals surface area contributed by atoms with Crippen LogP contribution in [0.5, 0.6) is 0 Å². The number of aryl methyl sites for hydroxylation is 2. The fourth-order valence-corrected chi connectivity index (χ4v) is 3.80. The van der Waals surface area contributed by atoms with Gasteiger partial charge in [0.05, 0.1) is 16.7 Å². The minimum absolute atomic E-state index is 0.0171. The zero-order valence-corrected chi connectivity index (χ0v) is 16.1. The van der Waals surface area contributed by atoms with Crippen LogP contribution in [0.4, 0.5) is 5.69 Å². The largest absolute Gasteiger partial charge is 0.329 e. The molecule has 3 aromatic carbocycles. The van der Waals surface area contributed by atoms with Gasteiger partial charge in [0.15, 0.2) is 0 Å². The Bertz CT molecular complexity index is 1210. The molecule has 28 heavy (non-hydrogen) atoms. The number of carbonyl (C=O) groups is 1. The maximum absolute atomic E-state index is 12.9. The molecule has 5 heteroatoms. The molecule has 0 aliphatic carbocycles. The van der Waals surface area contributed by atoms with E-state index in [1.54, 1.807) is 21.1 Å². The van der Waals surface area contributed by atoms with Crippen molar-refractivity contribution < 1.29 is 4.79 Å². The van der Waals surface area contributed by atoms with Crippen LogP contribution in [0.2, 0.25) is 0 Å². The van der Waals surface area contributed by atoms with Gasteiger partial charge in [-0.3, -0.25) is 13.9 Å². The molecular weight excluding hydrogens is 350 g/mol. The normalized spacial score (nSPS) is 11.2. The smallest absolute Gasteiger partial charge is 0.315 e. The highest BCUT2D eigenvalue weighted by molar-refractivity contribution is 6.03. The Morgan fingerprint density at radius 2 is 1.54 bits per heavy atom. The summed E-state index contributed by atoms with van der Waals surface area (Å²) in [5, 5.41) is 2.14. The summed E-state index contributed by atoms with van der Waals surface area (Å²) in [6.07, 6.45) is 0.261. The summed E-state index contributed by atoms with van der Waals surface area (Å²) in [5.41, 5.74) is 2.59. The summed E-state index contributed by atoms with van der Waals surface area (Å²) in [6, 6.07) is 21.7. The van der Waals surface area contributed by atoms with Crippen molar-refractivity contribution in [2.45, 2.75) is 26.4 Å². The second-order valence-corrected chi connectivity index (χ2v) is 6.87. The van der Waals surface area contributed by atoms with Gasteiger partial charge in [0.2, 0.25) is 5.91 Å². The van der Waals surface area contributed by atoms with E-state index in [2.05, 4.69) is 0 Å². The molecule has 0 fully saturated rings. The molecule has 0 saturated carbocycles. The van der Waals surface area contributed by atoms with E-state index in [1.807, 2.05) is 73.7 Å². The fraction of sp³-hybridized carbons (Fsp3) is 0.217. The third-order valence-corrected chi connectivity index (χ3v) is 5.29. The fourth-order valence-electron chi connectivity index (χ4n) is 3.80. The van der Waals surface area contributed by atoms with Crippen LogP contribution in [-0.4, -0.2) is 22.1 Å². The van der Waals surface area contributed by atoms with Gasteiger partial charge < -0.3 is 4.90 Å². The first-order valence-electron chi connectivity index (χ1n) is 9.54. The summed E-state index contributed by atoms with van der Waals surface area (Å²) < 4.78 is 3.45. The molecule has 0 aliphatic rings. The molecule has 5 nitrogen and oxygen atoms in total. The highest BCUT2D eigenvalue weighted by atomic mass is 16.2. The molecule has 4 rings (SSSR count). The van der Waals surface area contributed by atoms with Crippen LogP contribution in [0.15, 0.2) is 71.5 Å². The lowest BCUT2D eigenvalue weighted by Gasteiger charge is -2.19. The first-order valence-corrected chi connectivity index (χ1v) is 9.54. The Labute approximate surface area is 163 Å². The Hall–Kier alpha value is -3.34. The lowest BCUT2D eigenvalue weighted by molar-refractivity contribution is -0.118. The Balaban J connectivity index is 1.61. The van der Waals surface area contributed by atoms with Crippen molar-refractivity contribution >= 4 is 33.4 Å². The predicted molar refractivity (Wildman–Crippen MR) is 114 cm³/mol. The monoisotopic (exact) mass is 373 g/mol. The minimum atomic E-state index is -0.0655. The van der Waals surface area contributed by atoms with Crippen LogP contribution in [0.1, 0.15) is 13.3 Å². The summed E-state index contributed by atoms with van der Waals surface area (Å²) >= 11 is 0. The number of hydrogen-bond donors (Lipinski definition) is 0. The lowest BCUT2D eigenvalue weighted by Crippen LogP contribution is -2.30. The van der Waals surface area contributed by atoms with E-state index in [9.17, 15) is 9.59 Å². The lowest BCUT2D eigenvalue weighted by atomic mass is 10.1. The summed E-state index contributed by atoms with van der Waals surface area (Å²) in [7, 11) is 1.79. The first-order chi connectivity index (χ1) is 13.6. The van der Waals surface area contributed by atoms with Crippen molar-refractivity contribution in [1.82, 2.24) is 9.13 Å². The number of amides is 1. The van der Waals surface area contributed by atoms with Crippen molar-refractivity contribution in [1.29, 1.82) is 0 Å². The average Bonchev–Trinajstić information content (AvgIpc) is 3.01. The number of fused-ring (bicyclic) bond motifs is 2. The van der Waals surface area contributed by atoms with Gasteiger partial charge in [-0.05, 0) is 30.5 Å². The van der Waals surface area contributed by atoms with Gasteiger partial charge in [-0.1, -0.05) is 48.5 Å². The molecule has 0 bridgehead atoms. The van der Waals surface area contributed by atoms with Gasteiger partial charge in [-0.2, -0.15) is 0 Å². The highest BCUT2D eigenvalue weighted by Crippen LogP contribution is 2.26. The van der Waals surface area contributed by atoms with Crippen LogP contribution in [-0.2, 0) is 17.9 Å². The van der Waals surface area contributed by atoms with Crippen LogP contribution < -0.4 is 10.6 Å². The van der Waals surface area contributed by atoms with Crippen molar-refractivity contribution in [3.8, 4) is 0 Å². The molecule has 0 atom stereocenters. The van der Waals surface area contributed by atoms with E-state index in [4.69, 9.17) is 0 Å². The molecule has 0 unspecified atom stereocenters. The number of para-hydroxylation sites is 2. The first kappa shape index (κ1) is 18.0. The van der Waals surface area contributed by atoms with E-state index in [-0.39, 0.29) is 18.0 Å². The molecule has 0 aliphatic heterocycles. The maximum Gasteiger partial charge on any atom is 0.329 e. The number of carbonyl (C=O) groups excluding carboxylic acids is 1. The number of aromatic nitrogens is 2. The van der Waals surface area contributed by atoms with Gasteiger partial charge in [0.1, 0.15) is 0 Å². The van der Waals surface area contributed by atoms with Gasteiger partial charge in [0.25, 0.3) is 0 Å². The summed E-state index contributed by atoms with van der Waals surface area (Å²) in [4.78, 5) is 27.3. The van der Waals surface area contributed by atoms with E-state index in [0.29, 0.717) is 13.1 Å². The van der Waals surface area contributed by atoms with Crippen LogP contribution >= 0.6 is 0 Å². The average molecular weight is 373 g/mol. The molecule has 142 valence electrons. The minimum Gasteiger partial charge on any atom is -0.315 e. The van der Waals surface area contributed by atoms with Gasteiger partial charge >= 0.3 is 5.69 Å². The zero-order valence-electron chi connectivity index (χ0n) is 16.1.